The van der Waals surface area contributed by atoms with Crippen LogP contribution in [-0.2, 0) is 14.4 Å². The van der Waals surface area contributed by atoms with Crippen LogP contribution in [0.5, 0.6) is 0 Å². The lowest BCUT2D eigenvalue weighted by molar-refractivity contribution is -0.157. The number of carbonyl (C=O) groups excluding carboxylic acids is 2. The highest BCUT2D eigenvalue weighted by atomic mass is 19.4. The van der Waals surface area contributed by atoms with Crippen molar-refractivity contribution in [1.29, 1.82) is 0 Å². The molecule has 1 fully saturated rings. The van der Waals surface area contributed by atoms with Crippen LogP contribution in [0.1, 0.15) is 12.8 Å². The zero-order valence-electron chi connectivity index (χ0n) is 10.9. The maximum atomic E-state index is 12.2. The van der Waals surface area contributed by atoms with E-state index >= 15 is 0 Å². The number of aliphatic hydroxyl groups is 1. The van der Waals surface area contributed by atoms with Crippen molar-refractivity contribution >= 4 is 17.8 Å². The SMILES string of the molecule is O=C(N[C@@H](CCO)C(=O)O)C1CC(=O)N(CC(F)(F)F)C1. The molecule has 1 aliphatic heterocycles. The molecule has 1 unspecified atom stereocenters. The van der Waals surface area contributed by atoms with Crippen molar-refractivity contribution in [2.75, 3.05) is 19.7 Å². The van der Waals surface area contributed by atoms with Crippen LogP contribution in [-0.4, -0.2) is 64.8 Å². The minimum absolute atomic E-state index is 0.228. The number of carbonyl (C=O) groups is 3. The van der Waals surface area contributed by atoms with Gasteiger partial charge in [-0.3, -0.25) is 9.59 Å². The largest absolute Gasteiger partial charge is 0.480 e. The second kappa shape index (κ2) is 6.74. The minimum atomic E-state index is -4.55. The Labute approximate surface area is 117 Å². The van der Waals surface area contributed by atoms with Crippen LogP contribution < -0.4 is 5.32 Å². The molecule has 0 saturated carbocycles. The lowest BCUT2D eigenvalue weighted by Crippen LogP contribution is -2.45. The van der Waals surface area contributed by atoms with E-state index in [2.05, 4.69) is 5.32 Å². The van der Waals surface area contributed by atoms with Crippen LogP contribution in [0.15, 0.2) is 0 Å². The molecule has 0 spiro atoms. The fourth-order valence-electron chi connectivity index (χ4n) is 1.99. The number of amides is 2. The summed E-state index contributed by atoms with van der Waals surface area (Å²) < 4.78 is 36.7. The number of nitrogens with one attached hydrogen (secondary N) is 1. The standard InChI is InChI=1S/C11H15F3N2O5/c12-11(13,14)5-16-4-6(3-8(16)18)9(19)15-7(1-2-17)10(20)21/h6-7,17H,1-5H2,(H,15,19)(H,20,21)/t6?,7-/m0/s1. The van der Waals surface area contributed by atoms with Gasteiger partial charge in [-0.05, 0) is 0 Å². The van der Waals surface area contributed by atoms with E-state index in [0.717, 1.165) is 0 Å². The predicted molar refractivity (Wildman–Crippen MR) is 62.0 cm³/mol. The number of hydrogen-bond acceptors (Lipinski definition) is 4. The van der Waals surface area contributed by atoms with Gasteiger partial charge in [0.2, 0.25) is 11.8 Å². The summed E-state index contributed by atoms with van der Waals surface area (Å²) in [5, 5.41) is 19.6. The van der Waals surface area contributed by atoms with Gasteiger partial charge >= 0.3 is 12.1 Å². The lowest BCUT2D eigenvalue weighted by atomic mass is 10.1. The van der Waals surface area contributed by atoms with E-state index in [4.69, 9.17) is 10.2 Å². The quantitative estimate of drug-likeness (QED) is 0.604. The number of aliphatic hydroxyl groups excluding tert-OH is 1. The highest BCUT2D eigenvalue weighted by Gasteiger charge is 2.41. The fraction of sp³-hybridized carbons (Fsp3) is 0.727. The predicted octanol–water partition coefficient (Wildman–Crippen LogP) is -0.651. The van der Waals surface area contributed by atoms with E-state index in [1.54, 1.807) is 0 Å². The molecule has 10 heteroatoms. The maximum Gasteiger partial charge on any atom is 0.406 e. The van der Waals surface area contributed by atoms with Crippen molar-refractivity contribution in [1.82, 2.24) is 10.2 Å². The van der Waals surface area contributed by atoms with Crippen LogP contribution >= 0.6 is 0 Å². The molecule has 1 saturated heterocycles. The molecule has 0 aliphatic carbocycles. The number of nitrogens with zero attached hydrogens (tertiary/aromatic N) is 1. The molecule has 0 aromatic rings. The maximum absolute atomic E-state index is 12.2. The van der Waals surface area contributed by atoms with Gasteiger partial charge in [-0.1, -0.05) is 0 Å². The summed E-state index contributed by atoms with van der Waals surface area (Å²) >= 11 is 0. The van der Waals surface area contributed by atoms with E-state index < -0.39 is 62.0 Å². The molecule has 0 aromatic heterocycles. The van der Waals surface area contributed by atoms with Crippen LogP contribution in [0, 0.1) is 5.92 Å². The van der Waals surface area contributed by atoms with Gasteiger partial charge in [-0.25, -0.2) is 4.79 Å². The fourth-order valence-corrected chi connectivity index (χ4v) is 1.99. The summed E-state index contributed by atoms with van der Waals surface area (Å²) in [4.78, 5) is 34.5. The van der Waals surface area contributed by atoms with Crippen molar-refractivity contribution in [2.45, 2.75) is 25.1 Å². The average molecular weight is 312 g/mol. The van der Waals surface area contributed by atoms with Crippen molar-refractivity contribution in [3.63, 3.8) is 0 Å². The number of alkyl halides is 3. The first-order chi connectivity index (χ1) is 9.64. The molecule has 120 valence electrons. The third-order valence-electron chi connectivity index (χ3n) is 2.99. The Balaban J connectivity index is 2.60. The lowest BCUT2D eigenvalue weighted by Gasteiger charge is -2.19. The van der Waals surface area contributed by atoms with E-state index in [-0.39, 0.29) is 6.42 Å². The first-order valence-corrected chi connectivity index (χ1v) is 6.12. The second-order valence-electron chi connectivity index (χ2n) is 4.70. The number of halogens is 3. The molecule has 2 atom stereocenters. The Kier molecular flexibility index (Phi) is 5.53. The smallest absolute Gasteiger partial charge is 0.406 e. The number of hydrogen-bond donors (Lipinski definition) is 3. The first kappa shape index (κ1) is 17.2. The molecule has 3 N–H and O–H groups in total. The zero-order chi connectivity index (χ0) is 16.2. The summed E-state index contributed by atoms with van der Waals surface area (Å²) in [7, 11) is 0. The van der Waals surface area contributed by atoms with E-state index in [9.17, 15) is 27.6 Å². The van der Waals surface area contributed by atoms with Crippen LogP contribution in [0.4, 0.5) is 13.2 Å². The summed E-state index contributed by atoms with van der Waals surface area (Å²) in [6.07, 6.45) is -5.18. The molecule has 7 nitrogen and oxygen atoms in total. The van der Waals surface area contributed by atoms with Gasteiger partial charge in [0.1, 0.15) is 12.6 Å². The van der Waals surface area contributed by atoms with Gasteiger partial charge in [0.15, 0.2) is 0 Å². The molecule has 0 radical (unpaired) electrons. The number of carboxylic acid groups (broad SMARTS) is 1. The molecule has 2 amide bonds. The van der Waals surface area contributed by atoms with Gasteiger partial charge in [0.25, 0.3) is 0 Å². The summed E-state index contributed by atoms with van der Waals surface area (Å²) in [6, 6.07) is -1.34. The molecular weight excluding hydrogens is 297 g/mol. The van der Waals surface area contributed by atoms with Gasteiger partial charge in [-0.2, -0.15) is 13.2 Å². The highest BCUT2D eigenvalue weighted by molar-refractivity contribution is 5.91. The van der Waals surface area contributed by atoms with Gasteiger partial charge < -0.3 is 20.4 Å². The topological polar surface area (TPSA) is 107 Å². The first-order valence-electron chi connectivity index (χ1n) is 6.12. The number of carboxylic acids is 1. The van der Waals surface area contributed by atoms with Gasteiger partial charge in [0, 0.05) is 26.0 Å². The molecule has 0 bridgehead atoms. The third kappa shape index (κ3) is 5.21. The van der Waals surface area contributed by atoms with Crippen LogP contribution in [0.25, 0.3) is 0 Å². The Morgan fingerprint density at radius 3 is 2.52 bits per heavy atom. The monoisotopic (exact) mass is 312 g/mol. The van der Waals surface area contributed by atoms with Crippen LogP contribution in [0.2, 0.25) is 0 Å². The number of aliphatic carboxylic acids is 1. The van der Waals surface area contributed by atoms with E-state index in [0.29, 0.717) is 4.90 Å². The second-order valence-corrected chi connectivity index (χ2v) is 4.70. The Hall–Kier alpha value is -1.84. The summed E-state index contributed by atoms with van der Waals surface area (Å²) in [5.74, 6) is -4.01. The van der Waals surface area contributed by atoms with Gasteiger partial charge in [0.05, 0.1) is 5.92 Å². The Bertz CT molecular complexity index is 427. The molecule has 0 aromatic carbocycles. The number of rotatable bonds is 6. The molecule has 21 heavy (non-hydrogen) atoms. The van der Waals surface area contributed by atoms with E-state index in [1.807, 2.05) is 0 Å². The van der Waals surface area contributed by atoms with Crippen molar-refractivity contribution in [3.05, 3.63) is 0 Å². The highest BCUT2D eigenvalue weighted by Crippen LogP contribution is 2.24. The normalized spacial score (nSPS) is 20.5. The minimum Gasteiger partial charge on any atom is -0.480 e. The van der Waals surface area contributed by atoms with Crippen molar-refractivity contribution < 1.29 is 37.8 Å². The van der Waals surface area contributed by atoms with E-state index in [1.165, 1.54) is 0 Å². The van der Waals surface area contributed by atoms with Crippen LogP contribution in [0.3, 0.4) is 0 Å². The average Bonchev–Trinajstić information content (AvgIpc) is 2.68. The Morgan fingerprint density at radius 1 is 1.43 bits per heavy atom. The molecule has 1 aliphatic rings. The summed E-state index contributed by atoms with van der Waals surface area (Å²) in [5.41, 5.74) is 0. The zero-order valence-corrected chi connectivity index (χ0v) is 10.9. The summed E-state index contributed by atoms with van der Waals surface area (Å²) in [6.45, 7) is -2.31. The van der Waals surface area contributed by atoms with Crippen molar-refractivity contribution in [3.8, 4) is 0 Å². The van der Waals surface area contributed by atoms with Gasteiger partial charge in [-0.15, -0.1) is 0 Å². The molecule has 1 rings (SSSR count). The molecular formula is C11H15F3N2O5. The number of likely N-dealkylation sites (tertiary alicyclic amines) is 1. The Morgan fingerprint density at radius 2 is 2.05 bits per heavy atom. The third-order valence-corrected chi connectivity index (χ3v) is 2.99. The van der Waals surface area contributed by atoms with Crippen molar-refractivity contribution in [2.24, 2.45) is 5.92 Å². The molecule has 1 heterocycles.